The lowest BCUT2D eigenvalue weighted by molar-refractivity contribution is -0.139. The Kier molecular flexibility index (Phi) is 4.86. The molecule has 3 N–H and O–H groups in total. The monoisotopic (exact) mass is 238 g/mol. The summed E-state index contributed by atoms with van der Waals surface area (Å²) in [5, 5.41) is 13.7. The number of hydrogen-bond donors (Lipinski definition) is 3. The number of nitrogens with zero attached hydrogens (tertiary/aromatic N) is 2. The second-order valence-electron chi connectivity index (χ2n) is 3.41. The van der Waals surface area contributed by atoms with Gasteiger partial charge in [-0.25, -0.2) is 19.6 Å². The largest absolute Gasteiger partial charge is 0.480 e. The van der Waals surface area contributed by atoms with Crippen molar-refractivity contribution in [2.45, 2.75) is 25.8 Å². The van der Waals surface area contributed by atoms with Crippen LogP contribution in [0.1, 0.15) is 19.8 Å². The van der Waals surface area contributed by atoms with Crippen LogP contribution in [0.2, 0.25) is 0 Å². The molecule has 1 atom stereocenters. The molecule has 0 aromatic carbocycles. The Morgan fingerprint density at radius 3 is 2.59 bits per heavy atom. The fraction of sp³-hybridized carbons (Fsp3) is 0.400. The number of anilines is 1. The van der Waals surface area contributed by atoms with E-state index in [1.54, 1.807) is 0 Å². The predicted molar refractivity (Wildman–Crippen MR) is 60.5 cm³/mol. The van der Waals surface area contributed by atoms with Gasteiger partial charge in [-0.15, -0.1) is 0 Å². The highest BCUT2D eigenvalue weighted by Gasteiger charge is 2.18. The maximum Gasteiger partial charge on any atom is 0.326 e. The Hall–Kier alpha value is -2.18. The summed E-state index contributed by atoms with van der Waals surface area (Å²) >= 11 is 0. The van der Waals surface area contributed by atoms with Gasteiger partial charge in [-0.2, -0.15) is 0 Å². The topological polar surface area (TPSA) is 104 Å². The van der Waals surface area contributed by atoms with E-state index in [0.717, 1.165) is 0 Å². The van der Waals surface area contributed by atoms with E-state index in [9.17, 15) is 9.59 Å². The second-order valence-corrected chi connectivity index (χ2v) is 3.41. The van der Waals surface area contributed by atoms with E-state index in [-0.39, 0.29) is 0 Å². The minimum absolute atomic E-state index is 0.383. The summed E-state index contributed by atoms with van der Waals surface area (Å²) in [5.74, 6) is -1.05. The summed E-state index contributed by atoms with van der Waals surface area (Å²) in [4.78, 5) is 29.7. The molecule has 2 amide bonds. The Bertz CT molecular complexity index is 382. The van der Waals surface area contributed by atoms with Gasteiger partial charge in [-0.1, -0.05) is 13.3 Å². The van der Waals surface area contributed by atoms with E-state index in [2.05, 4.69) is 20.6 Å². The van der Waals surface area contributed by atoms with Crippen LogP contribution in [0.15, 0.2) is 18.7 Å². The summed E-state index contributed by atoms with van der Waals surface area (Å²) in [7, 11) is 0. The molecule has 1 heterocycles. The highest BCUT2D eigenvalue weighted by atomic mass is 16.4. The first-order valence-electron chi connectivity index (χ1n) is 5.18. The Morgan fingerprint density at radius 2 is 2.06 bits per heavy atom. The molecule has 0 saturated carbocycles. The average molecular weight is 238 g/mol. The number of hydrogen-bond acceptors (Lipinski definition) is 4. The molecule has 0 aliphatic rings. The summed E-state index contributed by atoms with van der Waals surface area (Å²) in [6.45, 7) is 1.85. The molecule has 1 rings (SSSR count). The molecule has 0 saturated heterocycles. The molecular weight excluding hydrogens is 224 g/mol. The standard InChI is InChI=1S/C10H14N4O3/c1-2-3-8(9(15)16)14-10(17)13-7-4-11-6-12-5-7/h4-6,8H,2-3H2,1H3,(H,15,16)(H2,13,14,17)/t8-/m0/s1. The molecule has 0 aliphatic carbocycles. The van der Waals surface area contributed by atoms with Crippen LogP contribution in [0.5, 0.6) is 0 Å². The fourth-order valence-corrected chi connectivity index (χ4v) is 1.24. The third-order valence-electron chi connectivity index (χ3n) is 2.00. The van der Waals surface area contributed by atoms with Crippen molar-refractivity contribution >= 4 is 17.7 Å². The first kappa shape index (κ1) is 12.9. The molecule has 7 heteroatoms. The van der Waals surface area contributed by atoms with E-state index in [4.69, 9.17) is 5.11 Å². The van der Waals surface area contributed by atoms with Gasteiger partial charge in [0.05, 0.1) is 18.1 Å². The van der Waals surface area contributed by atoms with Crippen molar-refractivity contribution in [2.24, 2.45) is 0 Å². The number of carboxylic acid groups (broad SMARTS) is 1. The number of urea groups is 1. The van der Waals surface area contributed by atoms with Crippen molar-refractivity contribution < 1.29 is 14.7 Å². The number of amides is 2. The third kappa shape index (κ3) is 4.45. The van der Waals surface area contributed by atoms with Crippen LogP contribution in [-0.2, 0) is 4.79 Å². The number of aromatic nitrogens is 2. The molecule has 0 fully saturated rings. The fourth-order valence-electron chi connectivity index (χ4n) is 1.24. The lowest BCUT2D eigenvalue weighted by atomic mass is 10.2. The van der Waals surface area contributed by atoms with Crippen molar-refractivity contribution in [1.29, 1.82) is 0 Å². The van der Waals surface area contributed by atoms with Crippen molar-refractivity contribution in [3.63, 3.8) is 0 Å². The zero-order valence-electron chi connectivity index (χ0n) is 9.38. The van der Waals surface area contributed by atoms with Gasteiger partial charge in [0, 0.05) is 0 Å². The van der Waals surface area contributed by atoms with Crippen molar-refractivity contribution in [3.05, 3.63) is 18.7 Å². The van der Waals surface area contributed by atoms with Crippen LogP contribution in [0.4, 0.5) is 10.5 Å². The van der Waals surface area contributed by atoms with E-state index >= 15 is 0 Å². The van der Waals surface area contributed by atoms with Crippen molar-refractivity contribution in [1.82, 2.24) is 15.3 Å². The molecule has 0 bridgehead atoms. The Morgan fingerprint density at radius 1 is 1.41 bits per heavy atom. The highest BCUT2D eigenvalue weighted by molar-refractivity contribution is 5.91. The van der Waals surface area contributed by atoms with Gasteiger partial charge in [0.15, 0.2) is 0 Å². The summed E-state index contributed by atoms with van der Waals surface area (Å²) in [6.07, 6.45) is 5.23. The molecule has 0 spiro atoms. The van der Waals surface area contributed by atoms with Gasteiger partial charge in [0.2, 0.25) is 0 Å². The smallest absolute Gasteiger partial charge is 0.326 e. The summed E-state index contributed by atoms with van der Waals surface area (Å²) < 4.78 is 0. The van der Waals surface area contributed by atoms with E-state index in [1.165, 1.54) is 18.7 Å². The quantitative estimate of drug-likeness (QED) is 0.705. The number of rotatable bonds is 5. The molecular formula is C10H14N4O3. The minimum atomic E-state index is -1.05. The molecule has 1 aromatic rings. The highest BCUT2D eigenvalue weighted by Crippen LogP contribution is 2.01. The normalized spacial score (nSPS) is 11.6. The van der Waals surface area contributed by atoms with E-state index in [1.807, 2.05) is 6.92 Å². The summed E-state index contributed by atoms with van der Waals surface area (Å²) in [6, 6.07) is -1.47. The first-order chi connectivity index (χ1) is 8.13. The van der Waals surface area contributed by atoms with Crippen LogP contribution < -0.4 is 10.6 Å². The number of carboxylic acids is 1. The van der Waals surface area contributed by atoms with Gasteiger partial charge in [0.1, 0.15) is 12.4 Å². The van der Waals surface area contributed by atoms with E-state index < -0.39 is 18.0 Å². The predicted octanol–water partition coefficient (Wildman–Crippen LogP) is 0.851. The van der Waals surface area contributed by atoms with Crippen LogP contribution in [0.25, 0.3) is 0 Å². The molecule has 0 aliphatic heterocycles. The van der Waals surface area contributed by atoms with E-state index in [0.29, 0.717) is 18.5 Å². The molecule has 0 radical (unpaired) electrons. The second kappa shape index (κ2) is 6.41. The number of carbonyl (C=O) groups excluding carboxylic acids is 1. The maximum absolute atomic E-state index is 11.5. The Balaban J connectivity index is 2.51. The third-order valence-corrected chi connectivity index (χ3v) is 2.00. The van der Waals surface area contributed by atoms with Gasteiger partial charge >= 0.3 is 12.0 Å². The molecule has 17 heavy (non-hydrogen) atoms. The van der Waals surface area contributed by atoms with Gasteiger partial charge in [-0.3, -0.25) is 0 Å². The maximum atomic E-state index is 11.5. The zero-order valence-corrected chi connectivity index (χ0v) is 9.38. The number of aliphatic carboxylic acids is 1. The first-order valence-corrected chi connectivity index (χ1v) is 5.18. The van der Waals surface area contributed by atoms with Crippen LogP contribution in [-0.4, -0.2) is 33.1 Å². The lowest BCUT2D eigenvalue weighted by Gasteiger charge is -2.13. The molecule has 1 aromatic heterocycles. The minimum Gasteiger partial charge on any atom is -0.480 e. The SMILES string of the molecule is CCC[C@H](NC(=O)Nc1cncnc1)C(=O)O. The Labute approximate surface area is 98.3 Å². The van der Waals surface area contributed by atoms with Gasteiger partial charge < -0.3 is 15.7 Å². The van der Waals surface area contributed by atoms with Crippen LogP contribution in [0.3, 0.4) is 0 Å². The van der Waals surface area contributed by atoms with Gasteiger partial charge in [-0.05, 0) is 6.42 Å². The zero-order chi connectivity index (χ0) is 12.7. The lowest BCUT2D eigenvalue weighted by Crippen LogP contribution is -2.42. The molecule has 0 unspecified atom stereocenters. The van der Waals surface area contributed by atoms with Crippen molar-refractivity contribution in [3.8, 4) is 0 Å². The van der Waals surface area contributed by atoms with Crippen LogP contribution in [0, 0.1) is 0 Å². The number of nitrogens with one attached hydrogen (secondary N) is 2. The summed E-state index contributed by atoms with van der Waals surface area (Å²) in [5.41, 5.74) is 0.408. The van der Waals surface area contributed by atoms with Crippen molar-refractivity contribution in [2.75, 3.05) is 5.32 Å². The average Bonchev–Trinajstić information content (AvgIpc) is 2.29. The van der Waals surface area contributed by atoms with Gasteiger partial charge in [0.25, 0.3) is 0 Å². The number of carbonyl (C=O) groups is 2. The molecule has 7 nitrogen and oxygen atoms in total. The molecule has 92 valence electrons. The van der Waals surface area contributed by atoms with Crippen LogP contribution >= 0.6 is 0 Å².